The van der Waals surface area contributed by atoms with Crippen molar-refractivity contribution < 1.29 is 4.74 Å². The molecule has 1 aliphatic rings. The van der Waals surface area contributed by atoms with Crippen molar-refractivity contribution in [3.63, 3.8) is 0 Å². The first kappa shape index (κ1) is 12.4. The van der Waals surface area contributed by atoms with Crippen LogP contribution in [-0.4, -0.2) is 13.7 Å². The molecule has 0 aromatic heterocycles. The largest absolute Gasteiger partial charge is 0.496 e. The monoisotopic (exact) mass is 233 g/mol. The molecule has 3 unspecified atom stereocenters. The van der Waals surface area contributed by atoms with Crippen LogP contribution in [0, 0.1) is 18.8 Å². The number of hydrogen-bond donors (Lipinski definition) is 1. The zero-order valence-corrected chi connectivity index (χ0v) is 11.3. The third-order valence-corrected chi connectivity index (χ3v) is 3.81. The molecule has 17 heavy (non-hydrogen) atoms. The summed E-state index contributed by atoms with van der Waals surface area (Å²) in [6, 6.07) is 6.73. The Labute approximate surface area is 104 Å². The molecule has 1 aromatic rings. The van der Waals surface area contributed by atoms with Gasteiger partial charge in [-0.2, -0.15) is 0 Å². The number of ether oxygens (including phenoxy) is 1. The summed E-state index contributed by atoms with van der Waals surface area (Å²) in [5.41, 5.74) is 2.55. The maximum absolute atomic E-state index is 5.43. The van der Waals surface area contributed by atoms with Gasteiger partial charge in [0.25, 0.3) is 0 Å². The Morgan fingerprint density at radius 3 is 2.76 bits per heavy atom. The molecular weight excluding hydrogens is 210 g/mol. The molecule has 0 saturated heterocycles. The maximum Gasteiger partial charge on any atom is 0.123 e. The molecule has 94 valence electrons. The molecule has 2 heteroatoms. The number of aryl methyl sites for hydroxylation is 1. The third kappa shape index (κ3) is 3.01. The summed E-state index contributed by atoms with van der Waals surface area (Å²) in [5, 5.41) is 3.61. The summed E-state index contributed by atoms with van der Waals surface area (Å²) in [4.78, 5) is 0. The summed E-state index contributed by atoms with van der Waals surface area (Å²) in [6.07, 6.45) is 1.38. The van der Waals surface area contributed by atoms with Crippen LogP contribution in [-0.2, 0) is 0 Å². The molecule has 0 bridgehead atoms. The summed E-state index contributed by atoms with van der Waals surface area (Å²) in [7, 11) is 1.74. The van der Waals surface area contributed by atoms with E-state index in [4.69, 9.17) is 4.74 Å². The summed E-state index contributed by atoms with van der Waals surface area (Å²) >= 11 is 0. The van der Waals surface area contributed by atoms with Gasteiger partial charge in [0, 0.05) is 11.6 Å². The van der Waals surface area contributed by atoms with E-state index in [9.17, 15) is 0 Å². The SMILES string of the molecule is COc1ccc(C)cc1C(C)NCC1CC1C. The van der Waals surface area contributed by atoms with Crippen molar-refractivity contribution in [3.8, 4) is 5.75 Å². The third-order valence-electron chi connectivity index (χ3n) is 3.81. The predicted octanol–water partition coefficient (Wildman–Crippen LogP) is 3.31. The molecule has 1 aliphatic carbocycles. The second kappa shape index (κ2) is 5.09. The Balaban J connectivity index is 2.01. The highest BCUT2D eigenvalue weighted by molar-refractivity contribution is 5.38. The van der Waals surface area contributed by atoms with E-state index in [1.54, 1.807) is 7.11 Å². The molecule has 2 rings (SSSR count). The van der Waals surface area contributed by atoms with Crippen LogP contribution in [0.4, 0.5) is 0 Å². The summed E-state index contributed by atoms with van der Waals surface area (Å²) in [5.74, 6) is 2.78. The van der Waals surface area contributed by atoms with Crippen LogP contribution < -0.4 is 10.1 Å². The van der Waals surface area contributed by atoms with Crippen LogP contribution in [0.3, 0.4) is 0 Å². The molecular formula is C15H23NO. The summed E-state index contributed by atoms with van der Waals surface area (Å²) in [6.45, 7) is 7.78. The van der Waals surface area contributed by atoms with Gasteiger partial charge in [-0.15, -0.1) is 0 Å². The highest BCUT2D eigenvalue weighted by Crippen LogP contribution is 2.37. The van der Waals surface area contributed by atoms with Gasteiger partial charge < -0.3 is 10.1 Å². The Kier molecular flexibility index (Phi) is 3.72. The lowest BCUT2D eigenvalue weighted by Crippen LogP contribution is -2.22. The lowest BCUT2D eigenvalue weighted by atomic mass is 10.0. The zero-order valence-electron chi connectivity index (χ0n) is 11.3. The van der Waals surface area contributed by atoms with E-state index in [-0.39, 0.29) is 0 Å². The second-order valence-corrected chi connectivity index (χ2v) is 5.35. The number of hydrogen-bond acceptors (Lipinski definition) is 2. The van der Waals surface area contributed by atoms with E-state index in [2.05, 4.69) is 44.3 Å². The first-order chi connectivity index (χ1) is 8.11. The van der Waals surface area contributed by atoms with E-state index in [0.717, 1.165) is 24.1 Å². The highest BCUT2D eigenvalue weighted by Gasteiger charge is 2.32. The molecule has 0 spiro atoms. The van der Waals surface area contributed by atoms with Crippen LogP contribution in [0.15, 0.2) is 18.2 Å². The number of rotatable bonds is 5. The van der Waals surface area contributed by atoms with Crippen LogP contribution >= 0.6 is 0 Å². The molecule has 0 aliphatic heterocycles. The smallest absolute Gasteiger partial charge is 0.123 e. The molecule has 1 fully saturated rings. The lowest BCUT2D eigenvalue weighted by Gasteiger charge is -2.18. The van der Waals surface area contributed by atoms with Gasteiger partial charge in [0.05, 0.1) is 7.11 Å². The van der Waals surface area contributed by atoms with Gasteiger partial charge in [-0.3, -0.25) is 0 Å². The Morgan fingerprint density at radius 1 is 1.47 bits per heavy atom. The van der Waals surface area contributed by atoms with Crippen LogP contribution in [0.1, 0.15) is 37.4 Å². The maximum atomic E-state index is 5.43. The fourth-order valence-corrected chi connectivity index (χ4v) is 2.31. The molecule has 3 atom stereocenters. The fourth-order valence-electron chi connectivity index (χ4n) is 2.31. The van der Waals surface area contributed by atoms with Crippen molar-refractivity contribution in [2.24, 2.45) is 11.8 Å². The minimum absolute atomic E-state index is 0.359. The summed E-state index contributed by atoms with van der Waals surface area (Å²) < 4.78 is 5.43. The van der Waals surface area contributed by atoms with Crippen LogP contribution in [0.2, 0.25) is 0 Å². The fraction of sp³-hybridized carbons (Fsp3) is 0.600. The standard InChI is InChI=1S/C15H23NO/c1-10-5-6-15(17-4)14(7-10)12(3)16-9-13-8-11(13)2/h5-7,11-13,16H,8-9H2,1-4H3. The molecule has 1 saturated carbocycles. The second-order valence-electron chi connectivity index (χ2n) is 5.35. The van der Waals surface area contributed by atoms with Crippen molar-refractivity contribution in [3.05, 3.63) is 29.3 Å². The Bertz CT molecular complexity index is 389. The highest BCUT2D eigenvalue weighted by atomic mass is 16.5. The van der Waals surface area contributed by atoms with Gasteiger partial charge in [-0.25, -0.2) is 0 Å². The Morgan fingerprint density at radius 2 is 2.18 bits per heavy atom. The van der Waals surface area contributed by atoms with Crippen molar-refractivity contribution in [2.75, 3.05) is 13.7 Å². The van der Waals surface area contributed by atoms with E-state index >= 15 is 0 Å². The topological polar surface area (TPSA) is 21.3 Å². The van der Waals surface area contributed by atoms with Crippen LogP contribution in [0.5, 0.6) is 5.75 Å². The first-order valence-electron chi connectivity index (χ1n) is 6.49. The van der Waals surface area contributed by atoms with Crippen LogP contribution in [0.25, 0.3) is 0 Å². The van der Waals surface area contributed by atoms with Gasteiger partial charge in [0.15, 0.2) is 0 Å². The van der Waals surface area contributed by atoms with E-state index < -0.39 is 0 Å². The normalized spacial score (nSPS) is 24.5. The quantitative estimate of drug-likeness (QED) is 0.842. The molecule has 0 heterocycles. The minimum Gasteiger partial charge on any atom is -0.496 e. The molecule has 1 aromatic carbocycles. The van der Waals surface area contributed by atoms with Gasteiger partial charge >= 0.3 is 0 Å². The van der Waals surface area contributed by atoms with Crippen molar-refractivity contribution in [1.82, 2.24) is 5.32 Å². The predicted molar refractivity (Wildman–Crippen MR) is 71.4 cm³/mol. The number of benzene rings is 1. The average Bonchev–Trinajstić information content (AvgIpc) is 3.02. The molecule has 0 amide bonds. The first-order valence-corrected chi connectivity index (χ1v) is 6.49. The van der Waals surface area contributed by atoms with Gasteiger partial charge in [0.2, 0.25) is 0 Å². The average molecular weight is 233 g/mol. The van der Waals surface area contributed by atoms with Gasteiger partial charge in [-0.05, 0) is 44.7 Å². The lowest BCUT2D eigenvalue weighted by molar-refractivity contribution is 0.400. The molecule has 0 radical (unpaired) electrons. The van der Waals surface area contributed by atoms with Gasteiger partial charge in [0.1, 0.15) is 5.75 Å². The minimum atomic E-state index is 0.359. The van der Waals surface area contributed by atoms with Crippen molar-refractivity contribution in [2.45, 2.75) is 33.2 Å². The van der Waals surface area contributed by atoms with E-state index in [1.807, 2.05) is 0 Å². The number of nitrogens with one attached hydrogen (secondary N) is 1. The van der Waals surface area contributed by atoms with E-state index in [1.165, 1.54) is 17.5 Å². The zero-order chi connectivity index (χ0) is 12.4. The molecule has 2 nitrogen and oxygen atoms in total. The van der Waals surface area contributed by atoms with Crippen molar-refractivity contribution in [1.29, 1.82) is 0 Å². The Hall–Kier alpha value is -1.02. The van der Waals surface area contributed by atoms with Gasteiger partial charge in [-0.1, -0.05) is 24.6 Å². The number of methoxy groups -OCH3 is 1. The van der Waals surface area contributed by atoms with Crippen molar-refractivity contribution >= 4 is 0 Å². The van der Waals surface area contributed by atoms with E-state index in [0.29, 0.717) is 6.04 Å². The molecule has 1 N–H and O–H groups in total.